The van der Waals surface area contributed by atoms with Gasteiger partial charge in [-0.3, -0.25) is 9.89 Å². The highest BCUT2D eigenvalue weighted by molar-refractivity contribution is 6.34. The number of aryl methyl sites for hydroxylation is 2. The molecule has 0 saturated carbocycles. The number of halogens is 1. The van der Waals surface area contributed by atoms with E-state index in [0.29, 0.717) is 16.3 Å². The van der Waals surface area contributed by atoms with Crippen molar-refractivity contribution in [2.24, 2.45) is 0 Å². The molecule has 0 unspecified atom stereocenters. The third-order valence-corrected chi connectivity index (χ3v) is 2.81. The number of hydrogen-bond donors (Lipinski definition) is 2. The van der Waals surface area contributed by atoms with Gasteiger partial charge in [0.15, 0.2) is 0 Å². The Balaban J connectivity index is 2.27. The number of nitrogens with zero attached hydrogens (tertiary/aromatic N) is 1. The summed E-state index contributed by atoms with van der Waals surface area (Å²) < 4.78 is 0. The van der Waals surface area contributed by atoms with Gasteiger partial charge in [0.1, 0.15) is 0 Å². The highest BCUT2D eigenvalue weighted by Crippen LogP contribution is 2.20. The molecule has 2 aromatic rings. The van der Waals surface area contributed by atoms with Gasteiger partial charge in [-0.15, -0.1) is 0 Å². The van der Waals surface area contributed by atoms with Gasteiger partial charge in [0.2, 0.25) is 0 Å². The van der Waals surface area contributed by atoms with Crippen molar-refractivity contribution in [2.45, 2.75) is 13.8 Å². The fourth-order valence-electron chi connectivity index (χ4n) is 1.56. The van der Waals surface area contributed by atoms with Crippen molar-refractivity contribution in [1.82, 2.24) is 10.2 Å². The number of carbonyl (C=O) groups is 1. The summed E-state index contributed by atoms with van der Waals surface area (Å²) in [7, 11) is 0. The molecule has 2 N–H and O–H groups in total. The molecule has 17 heavy (non-hydrogen) atoms. The lowest BCUT2D eigenvalue weighted by Gasteiger charge is -2.06. The third-order valence-electron chi connectivity index (χ3n) is 2.49. The van der Waals surface area contributed by atoms with Crippen molar-refractivity contribution < 1.29 is 4.79 Å². The van der Waals surface area contributed by atoms with E-state index in [4.69, 9.17) is 11.6 Å². The van der Waals surface area contributed by atoms with E-state index in [1.54, 1.807) is 24.3 Å². The molecule has 0 radical (unpaired) electrons. The molecule has 5 heteroatoms. The molecule has 0 atom stereocenters. The normalized spacial score (nSPS) is 10.3. The van der Waals surface area contributed by atoms with Gasteiger partial charge in [-0.25, -0.2) is 0 Å². The minimum Gasteiger partial charge on any atom is -0.319 e. The van der Waals surface area contributed by atoms with E-state index in [1.807, 2.05) is 13.8 Å². The topological polar surface area (TPSA) is 57.8 Å². The van der Waals surface area contributed by atoms with Gasteiger partial charge in [-0.1, -0.05) is 23.7 Å². The van der Waals surface area contributed by atoms with Gasteiger partial charge >= 0.3 is 0 Å². The summed E-state index contributed by atoms with van der Waals surface area (Å²) in [5.74, 6) is -0.233. The van der Waals surface area contributed by atoms with Crippen molar-refractivity contribution in [3.8, 4) is 0 Å². The quantitative estimate of drug-likeness (QED) is 0.860. The Morgan fingerprint density at radius 1 is 1.35 bits per heavy atom. The first-order valence-electron chi connectivity index (χ1n) is 5.17. The summed E-state index contributed by atoms with van der Waals surface area (Å²) in [6.07, 6.45) is 0. The van der Waals surface area contributed by atoms with Crippen LogP contribution in [0, 0.1) is 13.8 Å². The number of aromatic amines is 1. The average Bonchev–Trinajstić information content (AvgIpc) is 2.61. The summed E-state index contributed by atoms with van der Waals surface area (Å²) in [6, 6.07) is 6.93. The van der Waals surface area contributed by atoms with Crippen LogP contribution in [0.15, 0.2) is 24.3 Å². The molecular formula is C12H12ClN3O. The first-order valence-corrected chi connectivity index (χ1v) is 5.55. The van der Waals surface area contributed by atoms with Crippen LogP contribution in [0.25, 0.3) is 0 Å². The lowest BCUT2D eigenvalue weighted by atomic mass is 10.2. The monoisotopic (exact) mass is 249 g/mol. The fraction of sp³-hybridized carbons (Fsp3) is 0.167. The van der Waals surface area contributed by atoms with Crippen LogP contribution in [0.2, 0.25) is 5.02 Å². The summed E-state index contributed by atoms with van der Waals surface area (Å²) in [6.45, 7) is 3.67. The average molecular weight is 250 g/mol. The van der Waals surface area contributed by atoms with Gasteiger partial charge in [-0.05, 0) is 26.0 Å². The van der Waals surface area contributed by atoms with Crippen LogP contribution in [-0.2, 0) is 0 Å². The number of amides is 1. The lowest BCUT2D eigenvalue weighted by molar-refractivity contribution is 0.102. The Morgan fingerprint density at radius 3 is 2.65 bits per heavy atom. The standard InChI is InChI=1S/C12H12ClN3O/c1-7-11(8(2)16-15-7)14-12(17)9-5-3-4-6-10(9)13/h3-6H,1-2H3,(H,14,17)(H,15,16). The molecule has 2 rings (SSSR count). The van der Waals surface area contributed by atoms with E-state index >= 15 is 0 Å². The zero-order chi connectivity index (χ0) is 12.4. The second-order valence-corrected chi connectivity index (χ2v) is 4.15. The highest BCUT2D eigenvalue weighted by atomic mass is 35.5. The highest BCUT2D eigenvalue weighted by Gasteiger charge is 2.13. The van der Waals surface area contributed by atoms with Crippen LogP contribution < -0.4 is 5.32 Å². The second-order valence-electron chi connectivity index (χ2n) is 3.74. The molecule has 88 valence electrons. The molecule has 1 aromatic carbocycles. The predicted molar refractivity (Wildman–Crippen MR) is 67.5 cm³/mol. The molecule has 0 fully saturated rings. The Morgan fingerprint density at radius 2 is 2.06 bits per heavy atom. The van der Waals surface area contributed by atoms with Crippen LogP contribution in [0.1, 0.15) is 21.7 Å². The Labute approximate surface area is 104 Å². The number of carbonyl (C=O) groups excluding carboxylic acids is 1. The number of hydrogen-bond acceptors (Lipinski definition) is 2. The van der Waals surface area contributed by atoms with E-state index in [9.17, 15) is 4.79 Å². The van der Waals surface area contributed by atoms with Crippen molar-refractivity contribution >= 4 is 23.2 Å². The molecule has 1 heterocycles. The smallest absolute Gasteiger partial charge is 0.257 e. The summed E-state index contributed by atoms with van der Waals surface area (Å²) in [5.41, 5.74) is 2.73. The number of benzene rings is 1. The number of H-pyrrole nitrogens is 1. The number of anilines is 1. The predicted octanol–water partition coefficient (Wildman–Crippen LogP) is 2.93. The van der Waals surface area contributed by atoms with Crippen molar-refractivity contribution in [2.75, 3.05) is 5.32 Å². The van der Waals surface area contributed by atoms with Crippen LogP contribution in [-0.4, -0.2) is 16.1 Å². The van der Waals surface area contributed by atoms with Gasteiger partial charge in [0.25, 0.3) is 5.91 Å². The number of aromatic nitrogens is 2. The largest absolute Gasteiger partial charge is 0.319 e. The van der Waals surface area contributed by atoms with Gasteiger partial charge < -0.3 is 5.32 Å². The number of rotatable bonds is 2. The van der Waals surface area contributed by atoms with Crippen LogP contribution in [0.4, 0.5) is 5.69 Å². The Kier molecular flexibility index (Phi) is 3.15. The molecule has 0 bridgehead atoms. The maximum atomic E-state index is 12.0. The third kappa shape index (κ3) is 2.31. The zero-order valence-corrected chi connectivity index (χ0v) is 10.3. The van der Waals surface area contributed by atoms with Crippen LogP contribution >= 0.6 is 11.6 Å². The molecule has 0 saturated heterocycles. The van der Waals surface area contributed by atoms with E-state index in [1.165, 1.54) is 0 Å². The van der Waals surface area contributed by atoms with Crippen molar-refractivity contribution in [3.05, 3.63) is 46.2 Å². The molecule has 4 nitrogen and oxygen atoms in total. The molecule has 1 aromatic heterocycles. The summed E-state index contributed by atoms with van der Waals surface area (Å²) >= 11 is 5.95. The van der Waals surface area contributed by atoms with E-state index in [2.05, 4.69) is 15.5 Å². The zero-order valence-electron chi connectivity index (χ0n) is 9.54. The van der Waals surface area contributed by atoms with Crippen molar-refractivity contribution in [1.29, 1.82) is 0 Å². The number of nitrogens with one attached hydrogen (secondary N) is 2. The Hall–Kier alpha value is -1.81. The second kappa shape index (κ2) is 4.59. The molecule has 0 spiro atoms. The first kappa shape index (κ1) is 11.7. The first-order chi connectivity index (χ1) is 8.09. The van der Waals surface area contributed by atoms with E-state index in [0.717, 1.165) is 11.4 Å². The summed E-state index contributed by atoms with van der Waals surface area (Å²) in [5, 5.41) is 10.1. The molecule has 0 aliphatic heterocycles. The minimum absolute atomic E-state index is 0.233. The van der Waals surface area contributed by atoms with Gasteiger partial charge in [-0.2, -0.15) is 5.10 Å². The van der Waals surface area contributed by atoms with Crippen LogP contribution in [0.5, 0.6) is 0 Å². The van der Waals surface area contributed by atoms with E-state index < -0.39 is 0 Å². The minimum atomic E-state index is -0.233. The molecule has 0 aliphatic rings. The van der Waals surface area contributed by atoms with Gasteiger partial charge in [0.05, 0.1) is 27.7 Å². The van der Waals surface area contributed by atoms with Crippen molar-refractivity contribution in [3.63, 3.8) is 0 Å². The summed E-state index contributed by atoms with van der Waals surface area (Å²) in [4.78, 5) is 12.0. The Bertz CT molecular complexity index is 543. The molecule has 1 amide bonds. The molecule has 0 aliphatic carbocycles. The molecular weight excluding hydrogens is 238 g/mol. The SMILES string of the molecule is Cc1n[nH]c(C)c1NC(=O)c1ccccc1Cl. The maximum Gasteiger partial charge on any atom is 0.257 e. The van der Waals surface area contributed by atoms with Crippen LogP contribution in [0.3, 0.4) is 0 Å². The maximum absolute atomic E-state index is 12.0. The fourth-order valence-corrected chi connectivity index (χ4v) is 1.78. The lowest BCUT2D eigenvalue weighted by Crippen LogP contribution is -2.13. The van der Waals surface area contributed by atoms with Gasteiger partial charge in [0, 0.05) is 0 Å². The van der Waals surface area contributed by atoms with E-state index in [-0.39, 0.29) is 5.91 Å².